The number of hydrogen-bond acceptors (Lipinski definition) is 8. The molecule has 2 atom stereocenters. The van der Waals surface area contributed by atoms with E-state index in [0.717, 1.165) is 22.3 Å². The second-order valence-electron chi connectivity index (χ2n) is 14.0. The molecule has 1 heterocycles. The van der Waals surface area contributed by atoms with Crippen molar-refractivity contribution in [2.75, 3.05) is 65.4 Å². The molecule has 0 radical (unpaired) electrons. The Morgan fingerprint density at radius 1 is 0.482 bits per heavy atom. The molecule has 4 aromatic rings. The van der Waals surface area contributed by atoms with Crippen molar-refractivity contribution >= 4 is 24.0 Å². The van der Waals surface area contributed by atoms with Gasteiger partial charge in [-0.3, -0.25) is 19.4 Å². The van der Waals surface area contributed by atoms with Gasteiger partial charge >= 0.3 is 12.2 Å². The van der Waals surface area contributed by atoms with Crippen LogP contribution in [0, 0.1) is 0 Å². The average molecular weight is 763 g/mol. The summed E-state index contributed by atoms with van der Waals surface area (Å²) in [4.78, 5) is 61.2. The van der Waals surface area contributed by atoms with Crippen LogP contribution >= 0.6 is 0 Å². The number of nitrogens with one attached hydrogen (secondary N) is 2. The Hall–Kier alpha value is -5.72. The first-order chi connectivity index (χ1) is 27.2. The van der Waals surface area contributed by atoms with Crippen LogP contribution in [0.2, 0.25) is 0 Å². The standard InChI is InChI=1S/C44H54N6O6/c1-35(39-19-11-5-12-20-39)45-41(51)31-47-23-27-49(43(53)55-33-37-15-7-3-8-16-37)29-25-48(32-42(52)46-36(2)40-21-13-6-14-22-40)26-30-50(28-24-47)44(54)56-34-38-17-9-4-10-18-38/h3-22,35-36H,23-34H2,1-2H3,(H,45,51)(H,46,52)/t35-,36-/m0/s1. The van der Waals surface area contributed by atoms with Gasteiger partial charge < -0.3 is 29.9 Å². The molecule has 1 saturated heterocycles. The van der Waals surface area contributed by atoms with E-state index in [9.17, 15) is 19.2 Å². The van der Waals surface area contributed by atoms with E-state index >= 15 is 0 Å². The molecule has 0 saturated carbocycles. The summed E-state index contributed by atoms with van der Waals surface area (Å²) in [6.07, 6.45) is -0.970. The Morgan fingerprint density at radius 2 is 0.786 bits per heavy atom. The van der Waals surface area contributed by atoms with Crippen LogP contribution < -0.4 is 10.6 Å². The molecule has 0 unspecified atom stereocenters. The van der Waals surface area contributed by atoms with Crippen molar-refractivity contribution in [1.82, 2.24) is 30.2 Å². The average Bonchev–Trinajstić information content (AvgIpc) is 3.22. The lowest BCUT2D eigenvalue weighted by atomic mass is 10.1. The minimum atomic E-state index is -0.485. The zero-order valence-corrected chi connectivity index (χ0v) is 32.4. The number of carbonyl (C=O) groups is 4. The topological polar surface area (TPSA) is 124 Å². The van der Waals surface area contributed by atoms with Crippen LogP contribution in [0.1, 0.15) is 48.2 Å². The number of nitrogens with zero attached hydrogens (tertiary/aromatic N) is 4. The summed E-state index contributed by atoms with van der Waals surface area (Å²) in [7, 11) is 0. The van der Waals surface area contributed by atoms with E-state index in [2.05, 4.69) is 10.6 Å². The highest BCUT2D eigenvalue weighted by Gasteiger charge is 2.25. The highest BCUT2D eigenvalue weighted by atomic mass is 16.6. The van der Waals surface area contributed by atoms with Gasteiger partial charge in [-0.25, -0.2) is 9.59 Å². The number of hydrogen-bond donors (Lipinski definition) is 2. The minimum Gasteiger partial charge on any atom is -0.445 e. The first-order valence-electron chi connectivity index (χ1n) is 19.3. The van der Waals surface area contributed by atoms with Crippen molar-refractivity contribution in [3.05, 3.63) is 144 Å². The molecule has 56 heavy (non-hydrogen) atoms. The largest absolute Gasteiger partial charge is 0.445 e. The van der Waals surface area contributed by atoms with Crippen LogP contribution in [0.5, 0.6) is 0 Å². The lowest BCUT2D eigenvalue weighted by molar-refractivity contribution is -0.123. The molecule has 4 aromatic carbocycles. The summed E-state index contributed by atoms with van der Waals surface area (Å²) in [5, 5.41) is 6.17. The summed E-state index contributed by atoms with van der Waals surface area (Å²) >= 11 is 0. The van der Waals surface area contributed by atoms with Gasteiger partial charge in [0, 0.05) is 52.4 Å². The van der Waals surface area contributed by atoms with Gasteiger partial charge in [-0.2, -0.15) is 0 Å². The molecular formula is C44H54N6O6. The Labute approximate surface area is 330 Å². The number of amides is 4. The lowest BCUT2D eigenvalue weighted by Gasteiger charge is -2.33. The van der Waals surface area contributed by atoms with Crippen LogP contribution in [0.3, 0.4) is 0 Å². The van der Waals surface area contributed by atoms with Crippen LogP contribution in [0.15, 0.2) is 121 Å². The van der Waals surface area contributed by atoms with Gasteiger partial charge in [-0.05, 0) is 36.1 Å². The highest BCUT2D eigenvalue weighted by Crippen LogP contribution is 2.13. The smallest absolute Gasteiger partial charge is 0.410 e. The minimum absolute atomic E-state index is 0.0584. The number of ether oxygens (including phenoxy) is 2. The van der Waals surface area contributed by atoms with Crippen LogP contribution in [-0.4, -0.2) is 109 Å². The van der Waals surface area contributed by atoms with Crippen LogP contribution in [0.25, 0.3) is 0 Å². The van der Waals surface area contributed by atoms with E-state index in [4.69, 9.17) is 9.47 Å². The quantitative estimate of drug-likeness (QED) is 0.190. The predicted octanol–water partition coefficient (Wildman–Crippen LogP) is 5.64. The second kappa shape index (κ2) is 22.0. The zero-order valence-electron chi connectivity index (χ0n) is 32.4. The molecule has 1 aliphatic heterocycles. The molecule has 0 spiro atoms. The van der Waals surface area contributed by atoms with Crippen molar-refractivity contribution < 1.29 is 28.7 Å². The third kappa shape index (κ3) is 13.8. The van der Waals surface area contributed by atoms with Crippen molar-refractivity contribution in [3.8, 4) is 0 Å². The van der Waals surface area contributed by atoms with Crippen molar-refractivity contribution in [2.24, 2.45) is 0 Å². The van der Waals surface area contributed by atoms with Crippen molar-refractivity contribution in [3.63, 3.8) is 0 Å². The molecule has 1 aliphatic rings. The molecular weight excluding hydrogens is 709 g/mol. The molecule has 296 valence electrons. The Kier molecular flexibility index (Phi) is 16.3. The third-order valence-corrected chi connectivity index (χ3v) is 9.76. The highest BCUT2D eigenvalue weighted by molar-refractivity contribution is 5.79. The first-order valence-corrected chi connectivity index (χ1v) is 19.3. The molecule has 4 amide bonds. The summed E-state index contributed by atoms with van der Waals surface area (Å²) in [5.74, 6) is -0.349. The van der Waals surface area contributed by atoms with Gasteiger partial charge in [0.15, 0.2) is 0 Å². The normalized spacial score (nSPS) is 15.7. The lowest BCUT2D eigenvalue weighted by Crippen LogP contribution is -2.51. The third-order valence-electron chi connectivity index (χ3n) is 9.76. The van der Waals surface area contributed by atoms with Gasteiger partial charge in [0.25, 0.3) is 0 Å². The molecule has 12 heteroatoms. The Bertz CT molecular complexity index is 1650. The van der Waals surface area contributed by atoms with E-state index < -0.39 is 12.2 Å². The molecule has 0 bridgehead atoms. The van der Waals surface area contributed by atoms with E-state index in [1.807, 2.05) is 145 Å². The number of rotatable bonds is 12. The maximum Gasteiger partial charge on any atom is 0.410 e. The summed E-state index contributed by atoms with van der Waals surface area (Å²) in [6, 6.07) is 38.0. The second-order valence-corrected chi connectivity index (χ2v) is 14.0. The van der Waals surface area contributed by atoms with Gasteiger partial charge in [-0.1, -0.05) is 121 Å². The Morgan fingerprint density at radius 3 is 1.11 bits per heavy atom. The first kappa shape index (κ1) is 41.4. The molecule has 1 fully saturated rings. The van der Waals surface area contributed by atoms with E-state index in [1.165, 1.54) is 0 Å². The maximum absolute atomic E-state index is 13.6. The fourth-order valence-electron chi connectivity index (χ4n) is 6.43. The fraction of sp³-hybridized carbons (Fsp3) is 0.364. The number of benzene rings is 4. The van der Waals surface area contributed by atoms with Gasteiger partial charge in [0.1, 0.15) is 13.2 Å². The van der Waals surface area contributed by atoms with Crippen LogP contribution in [-0.2, 0) is 32.3 Å². The molecule has 5 rings (SSSR count). The Balaban J connectivity index is 1.32. The monoisotopic (exact) mass is 762 g/mol. The summed E-state index contributed by atoms with van der Waals surface area (Å²) < 4.78 is 11.5. The molecule has 0 aliphatic carbocycles. The van der Waals surface area contributed by atoms with Gasteiger partial charge in [0.05, 0.1) is 25.2 Å². The van der Waals surface area contributed by atoms with Crippen molar-refractivity contribution in [1.29, 1.82) is 0 Å². The predicted molar refractivity (Wildman–Crippen MR) is 215 cm³/mol. The maximum atomic E-state index is 13.6. The van der Waals surface area contributed by atoms with Gasteiger partial charge in [-0.15, -0.1) is 0 Å². The molecule has 2 N–H and O–H groups in total. The summed E-state index contributed by atoms with van der Waals surface area (Å²) in [6.45, 7) is 6.64. The zero-order chi connectivity index (χ0) is 39.5. The van der Waals surface area contributed by atoms with E-state index in [0.29, 0.717) is 26.2 Å². The number of carbonyl (C=O) groups excluding carboxylic acids is 4. The molecule has 0 aromatic heterocycles. The van der Waals surface area contributed by atoms with E-state index in [-0.39, 0.29) is 76.4 Å². The SMILES string of the molecule is C[C@H](NC(=O)CN1CCN(C(=O)OCc2ccccc2)CCN(CC(=O)N[C@@H](C)c2ccccc2)CCN(C(=O)OCc2ccccc2)CC1)c1ccccc1. The fourth-order valence-corrected chi connectivity index (χ4v) is 6.43. The van der Waals surface area contributed by atoms with Crippen molar-refractivity contribution in [2.45, 2.75) is 39.1 Å². The van der Waals surface area contributed by atoms with Gasteiger partial charge in [0.2, 0.25) is 11.8 Å². The van der Waals surface area contributed by atoms with Crippen LogP contribution in [0.4, 0.5) is 9.59 Å². The summed E-state index contributed by atoms with van der Waals surface area (Å²) in [5.41, 5.74) is 3.71. The van der Waals surface area contributed by atoms with E-state index in [1.54, 1.807) is 9.80 Å². The molecule has 12 nitrogen and oxygen atoms in total.